The van der Waals surface area contributed by atoms with Crippen molar-refractivity contribution in [3.8, 4) is 0 Å². The lowest BCUT2D eigenvalue weighted by Crippen LogP contribution is -2.15. The number of amides is 1. The Morgan fingerprint density at radius 3 is 2.73 bits per heavy atom. The van der Waals surface area contributed by atoms with Crippen LogP contribution in [0.25, 0.3) is 0 Å². The van der Waals surface area contributed by atoms with E-state index in [-0.39, 0.29) is 5.91 Å². The minimum atomic E-state index is 0.0554. The highest BCUT2D eigenvalue weighted by atomic mass is 16.1. The standard InChI is InChI=1S/C9H15NO/c1-3-4-5-6-7-8-9(11)10-2/h3,6-7H,1,4-5,8H2,2H3,(H,10,11)/b7-6-. The maximum Gasteiger partial charge on any atom is 0.223 e. The van der Waals surface area contributed by atoms with Gasteiger partial charge >= 0.3 is 0 Å². The molecule has 1 amide bonds. The first-order valence-electron chi connectivity index (χ1n) is 3.77. The van der Waals surface area contributed by atoms with E-state index in [1.807, 2.05) is 18.2 Å². The Morgan fingerprint density at radius 1 is 1.45 bits per heavy atom. The van der Waals surface area contributed by atoms with Crippen LogP contribution in [0.15, 0.2) is 24.8 Å². The van der Waals surface area contributed by atoms with E-state index >= 15 is 0 Å². The number of carbonyl (C=O) groups excluding carboxylic acids is 1. The largest absolute Gasteiger partial charge is 0.359 e. The smallest absolute Gasteiger partial charge is 0.223 e. The zero-order valence-corrected chi connectivity index (χ0v) is 6.97. The second kappa shape index (κ2) is 7.06. The average Bonchev–Trinajstić information content (AvgIpc) is 2.04. The molecule has 0 heterocycles. The molecular weight excluding hydrogens is 138 g/mol. The van der Waals surface area contributed by atoms with Gasteiger partial charge in [-0.2, -0.15) is 0 Å². The molecule has 0 radical (unpaired) electrons. The number of hydrogen-bond donors (Lipinski definition) is 1. The van der Waals surface area contributed by atoms with Crippen LogP contribution in [0.1, 0.15) is 19.3 Å². The van der Waals surface area contributed by atoms with Gasteiger partial charge in [-0.1, -0.05) is 18.2 Å². The van der Waals surface area contributed by atoms with Crippen molar-refractivity contribution in [1.29, 1.82) is 0 Å². The van der Waals surface area contributed by atoms with E-state index in [1.165, 1.54) is 0 Å². The predicted molar refractivity (Wildman–Crippen MR) is 47.3 cm³/mol. The van der Waals surface area contributed by atoms with Crippen LogP contribution in [0.2, 0.25) is 0 Å². The first-order chi connectivity index (χ1) is 5.31. The van der Waals surface area contributed by atoms with Crippen LogP contribution < -0.4 is 5.32 Å². The number of nitrogens with one attached hydrogen (secondary N) is 1. The highest BCUT2D eigenvalue weighted by Crippen LogP contribution is 1.92. The molecule has 0 fully saturated rings. The first kappa shape index (κ1) is 9.95. The van der Waals surface area contributed by atoms with Gasteiger partial charge in [0.1, 0.15) is 0 Å². The van der Waals surface area contributed by atoms with Gasteiger partial charge in [-0.3, -0.25) is 4.79 Å². The van der Waals surface area contributed by atoms with Crippen molar-refractivity contribution < 1.29 is 4.79 Å². The SMILES string of the molecule is C=CCC/C=C\CC(=O)NC. The summed E-state index contributed by atoms with van der Waals surface area (Å²) in [5.41, 5.74) is 0. The van der Waals surface area contributed by atoms with Crippen molar-refractivity contribution in [3.63, 3.8) is 0 Å². The molecule has 0 aromatic heterocycles. The lowest BCUT2D eigenvalue weighted by molar-refractivity contribution is -0.119. The van der Waals surface area contributed by atoms with E-state index in [9.17, 15) is 4.79 Å². The molecule has 0 unspecified atom stereocenters. The second-order valence-corrected chi connectivity index (χ2v) is 2.21. The van der Waals surface area contributed by atoms with Gasteiger partial charge in [0.2, 0.25) is 5.91 Å². The maximum atomic E-state index is 10.7. The van der Waals surface area contributed by atoms with Crippen molar-refractivity contribution in [2.75, 3.05) is 7.05 Å². The lowest BCUT2D eigenvalue weighted by Gasteiger charge is -1.91. The Hall–Kier alpha value is -1.05. The summed E-state index contributed by atoms with van der Waals surface area (Å²) in [6.45, 7) is 3.60. The quantitative estimate of drug-likeness (QED) is 0.472. The predicted octanol–water partition coefficient (Wildman–Crippen LogP) is 1.64. The second-order valence-electron chi connectivity index (χ2n) is 2.21. The van der Waals surface area contributed by atoms with Crippen molar-refractivity contribution in [2.45, 2.75) is 19.3 Å². The van der Waals surface area contributed by atoms with Gasteiger partial charge in [0, 0.05) is 13.5 Å². The van der Waals surface area contributed by atoms with Gasteiger partial charge in [-0.15, -0.1) is 6.58 Å². The zero-order chi connectivity index (χ0) is 8.53. The number of hydrogen-bond acceptors (Lipinski definition) is 1. The minimum Gasteiger partial charge on any atom is -0.359 e. The summed E-state index contributed by atoms with van der Waals surface area (Å²) in [5, 5.41) is 2.55. The highest BCUT2D eigenvalue weighted by molar-refractivity contribution is 5.76. The third kappa shape index (κ3) is 6.84. The van der Waals surface area contributed by atoms with Gasteiger partial charge in [-0.25, -0.2) is 0 Å². The fraction of sp³-hybridized carbons (Fsp3) is 0.444. The van der Waals surface area contributed by atoms with E-state index in [1.54, 1.807) is 7.05 Å². The molecule has 0 bridgehead atoms. The highest BCUT2D eigenvalue weighted by Gasteiger charge is 1.89. The molecular formula is C9H15NO. The molecule has 0 saturated heterocycles. The minimum absolute atomic E-state index is 0.0554. The summed E-state index contributed by atoms with van der Waals surface area (Å²) in [7, 11) is 1.64. The fourth-order valence-electron chi connectivity index (χ4n) is 0.624. The fourth-order valence-corrected chi connectivity index (χ4v) is 0.624. The molecule has 0 aromatic rings. The van der Waals surface area contributed by atoms with Crippen LogP contribution in [0.5, 0.6) is 0 Å². The molecule has 0 atom stereocenters. The molecule has 0 saturated carbocycles. The summed E-state index contributed by atoms with van der Waals surface area (Å²) in [6, 6.07) is 0. The molecule has 0 spiro atoms. The first-order valence-corrected chi connectivity index (χ1v) is 3.77. The van der Waals surface area contributed by atoms with Crippen LogP contribution in [0.3, 0.4) is 0 Å². The van der Waals surface area contributed by atoms with Crippen molar-refractivity contribution in [1.82, 2.24) is 5.32 Å². The third-order valence-electron chi connectivity index (χ3n) is 1.29. The molecule has 0 aliphatic heterocycles. The molecule has 0 aromatic carbocycles. The lowest BCUT2D eigenvalue weighted by atomic mass is 10.2. The number of rotatable bonds is 5. The Morgan fingerprint density at radius 2 is 2.18 bits per heavy atom. The molecule has 2 nitrogen and oxygen atoms in total. The number of allylic oxidation sites excluding steroid dienone is 2. The molecule has 2 heteroatoms. The summed E-state index contributed by atoms with van der Waals surface area (Å²) in [4.78, 5) is 10.7. The molecule has 0 aliphatic carbocycles. The van der Waals surface area contributed by atoms with Gasteiger partial charge in [0.05, 0.1) is 0 Å². The van der Waals surface area contributed by atoms with E-state index in [2.05, 4.69) is 11.9 Å². The number of carbonyl (C=O) groups is 1. The zero-order valence-electron chi connectivity index (χ0n) is 6.97. The van der Waals surface area contributed by atoms with Gasteiger partial charge in [-0.05, 0) is 12.8 Å². The molecule has 0 rings (SSSR count). The van der Waals surface area contributed by atoms with Crippen LogP contribution >= 0.6 is 0 Å². The van der Waals surface area contributed by atoms with Crippen molar-refractivity contribution in [2.24, 2.45) is 0 Å². The Kier molecular flexibility index (Phi) is 6.39. The van der Waals surface area contributed by atoms with Gasteiger partial charge < -0.3 is 5.32 Å². The van der Waals surface area contributed by atoms with Crippen molar-refractivity contribution >= 4 is 5.91 Å². The van der Waals surface area contributed by atoms with Gasteiger partial charge in [0.25, 0.3) is 0 Å². The van der Waals surface area contributed by atoms with E-state index in [4.69, 9.17) is 0 Å². The van der Waals surface area contributed by atoms with Crippen molar-refractivity contribution in [3.05, 3.63) is 24.8 Å². The average molecular weight is 153 g/mol. The van der Waals surface area contributed by atoms with Gasteiger partial charge in [0.15, 0.2) is 0 Å². The Bertz CT molecular complexity index is 150. The summed E-state index contributed by atoms with van der Waals surface area (Å²) in [5.74, 6) is 0.0554. The van der Waals surface area contributed by atoms with E-state index in [0.29, 0.717) is 6.42 Å². The van der Waals surface area contributed by atoms with E-state index in [0.717, 1.165) is 12.8 Å². The monoisotopic (exact) mass is 153 g/mol. The number of unbranched alkanes of at least 4 members (excludes halogenated alkanes) is 1. The molecule has 11 heavy (non-hydrogen) atoms. The molecule has 62 valence electrons. The third-order valence-corrected chi connectivity index (χ3v) is 1.29. The van der Waals surface area contributed by atoms with Crippen LogP contribution in [0.4, 0.5) is 0 Å². The Labute approximate surface area is 68.0 Å². The summed E-state index contributed by atoms with van der Waals surface area (Å²) < 4.78 is 0. The normalized spacial score (nSPS) is 9.91. The Balaban J connectivity index is 3.29. The van der Waals surface area contributed by atoms with Crippen LogP contribution in [0, 0.1) is 0 Å². The molecule has 0 aliphatic rings. The topological polar surface area (TPSA) is 29.1 Å². The molecule has 1 N–H and O–H groups in total. The van der Waals surface area contributed by atoms with E-state index < -0.39 is 0 Å². The summed E-state index contributed by atoms with van der Waals surface area (Å²) >= 11 is 0. The summed E-state index contributed by atoms with van der Waals surface area (Å²) in [6.07, 6.45) is 8.17. The van der Waals surface area contributed by atoms with Crippen LogP contribution in [-0.2, 0) is 4.79 Å². The van der Waals surface area contributed by atoms with Crippen LogP contribution in [-0.4, -0.2) is 13.0 Å². The maximum absolute atomic E-state index is 10.7.